The Balaban J connectivity index is 1.89. The second-order valence-corrected chi connectivity index (χ2v) is 5.65. The summed E-state index contributed by atoms with van der Waals surface area (Å²) in [7, 11) is 0. The maximum atomic E-state index is 6.37. The van der Waals surface area contributed by atoms with Crippen LogP contribution in [0.4, 0.5) is 0 Å². The van der Waals surface area contributed by atoms with Crippen LogP contribution >= 0.6 is 11.6 Å². The van der Waals surface area contributed by atoms with E-state index in [1.807, 2.05) is 23.0 Å². The quantitative estimate of drug-likeness (QED) is 0.930. The van der Waals surface area contributed by atoms with Crippen LogP contribution in [0.25, 0.3) is 0 Å². The Morgan fingerprint density at radius 2 is 2.16 bits per heavy atom. The minimum Gasteiger partial charge on any atom is -0.315 e. The average Bonchev–Trinajstić information content (AvgIpc) is 2.82. The molecule has 1 aliphatic heterocycles. The summed E-state index contributed by atoms with van der Waals surface area (Å²) in [5, 5.41) is 8.61. The molecule has 4 heteroatoms. The van der Waals surface area contributed by atoms with Crippen molar-refractivity contribution in [3.05, 3.63) is 52.8 Å². The fourth-order valence-corrected chi connectivity index (χ4v) is 3.13. The summed E-state index contributed by atoms with van der Waals surface area (Å²) in [4.78, 5) is 0. The van der Waals surface area contributed by atoms with E-state index in [1.54, 1.807) is 0 Å². The highest BCUT2D eigenvalue weighted by atomic mass is 35.5. The number of hydrogen-bond acceptors (Lipinski definition) is 2. The van der Waals surface area contributed by atoms with E-state index in [9.17, 15) is 0 Å². The molecule has 1 fully saturated rings. The van der Waals surface area contributed by atoms with Crippen molar-refractivity contribution in [2.24, 2.45) is 0 Å². The molecular formula is C15H18ClN3. The van der Waals surface area contributed by atoms with Crippen molar-refractivity contribution in [2.75, 3.05) is 13.1 Å². The number of nitrogens with zero attached hydrogens (tertiary/aromatic N) is 2. The number of aryl methyl sites for hydroxylation is 1. The van der Waals surface area contributed by atoms with Crippen molar-refractivity contribution in [1.82, 2.24) is 15.1 Å². The fourth-order valence-electron chi connectivity index (χ4n) is 2.79. The second-order valence-electron chi connectivity index (χ2n) is 5.24. The van der Waals surface area contributed by atoms with E-state index in [0.717, 1.165) is 31.1 Å². The van der Waals surface area contributed by atoms with E-state index >= 15 is 0 Å². The molecule has 3 nitrogen and oxygen atoms in total. The first kappa shape index (κ1) is 12.7. The molecule has 3 rings (SSSR count). The van der Waals surface area contributed by atoms with E-state index in [4.69, 9.17) is 11.6 Å². The van der Waals surface area contributed by atoms with Gasteiger partial charge in [0.1, 0.15) is 0 Å². The van der Waals surface area contributed by atoms with E-state index < -0.39 is 0 Å². The van der Waals surface area contributed by atoms with Crippen molar-refractivity contribution in [2.45, 2.75) is 25.3 Å². The van der Waals surface area contributed by atoms with E-state index in [2.05, 4.69) is 35.7 Å². The van der Waals surface area contributed by atoms with Crippen LogP contribution in [0.5, 0.6) is 0 Å². The van der Waals surface area contributed by atoms with Crippen molar-refractivity contribution >= 4 is 11.6 Å². The molecule has 2 heterocycles. The summed E-state index contributed by atoms with van der Waals surface area (Å²) in [5.41, 5.74) is 2.66. The molecule has 0 atom stereocenters. The number of benzene rings is 1. The lowest BCUT2D eigenvalue weighted by atomic mass is 9.71. The van der Waals surface area contributed by atoms with Gasteiger partial charge in [0.25, 0.3) is 0 Å². The van der Waals surface area contributed by atoms with E-state index in [1.165, 1.54) is 11.1 Å². The van der Waals surface area contributed by atoms with Crippen LogP contribution in [-0.4, -0.2) is 22.9 Å². The molecule has 0 bridgehead atoms. The summed E-state index contributed by atoms with van der Waals surface area (Å²) in [5.74, 6) is 0. The normalized spacial score (nSPS) is 17.2. The molecule has 1 N–H and O–H groups in total. The molecule has 1 aromatic heterocycles. The number of hydrogen-bond donors (Lipinski definition) is 1. The highest BCUT2D eigenvalue weighted by Gasteiger charge is 2.40. The van der Waals surface area contributed by atoms with Gasteiger partial charge in [0.2, 0.25) is 0 Å². The van der Waals surface area contributed by atoms with Gasteiger partial charge < -0.3 is 5.32 Å². The zero-order chi connectivity index (χ0) is 13.3. The van der Waals surface area contributed by atoms with Crippen LogP contribution in [-0.2, 0) is 18.4 Å². The molecule has 1 aliphatic rings. The largest absolute Gasteiger partial charge is 0.315 e. The third kappa shape index (κ3) is 2.28. The third-order valence-electron chi connectivity index (χ3n) is 3.93. The summed E-state index contributed by atoms with van der Waals surface area (Å²) in [6, 6.07) is 8.18. The van der Waals surface area contributed by atoms with E-state index in [0.29, 0.717) is 0 Å². The van der Waals surface area contributed by atoms with Crippen LogP contribution in [0.2, 0.25) is 5.02 Å². The van der Waals surface area contributed by atoms with Crippen LogP contribution in [0, 0.1) is 0 Å². The molecule has 100 valence electrons. The Morgan fingerprint density at radius 3 is 2.74 bits per heavy atom. The molecule has 0 unspecified atom stereocenters. The van der Waals surface area contributed by atoms with Gasteiger partial charge >= 0.3 is 0 Å². The number of nitrogens with one attached hydrogen (secondary N) is 1. The number of aromatic nitrogens is 2. The minimum atomic E-state index is 0.125. The highest BCUT2D eigenvalue weighted by Crippen LogP contribution is 2.36. The Kier molecular flexibility index (Phi) is 3.33. The van der Waals surface area contributed by atoms with Crippen molar-refractivity contribution in [3.63, 3.8) is 0 Å². The van der Waals surface area contributed by atoms with Crippen molar-refractivity contribution < 1.29 is 0 Å². The standard InChI is InChI=1S/C15H18ClN3/c1-2-19-9-12(8-18-19)7-15(10-17-11-15)13-5-3-4-6-14(13)16/h3-6,8-9,17H,2,7,10-11H2,1H3. The van der Waals surface area contributed by atoms with E-state index in [-0.39, 0.29) is 5.41 Å². The molecule has 2 aromatic rings. The summed E-state index contributed by atoms with van der Waals surface area (Å²) < 4.78 is 1.97. The molecule has 1 aromatic carbocycles. The SMILES string of the molecule is CCn1cc(CC2(c3ccccc3Cl)CNC2)cn1. The average molecular weight is 276 g/mol. The van der Waals surface area contributed by atoms with Gasteiger partial charge in [-0.1, -0.05) is 29.8 Å². The lowest BCUT2D eigenvalue weighted by Crippen LogP contribution is -2.58. The molecular weight excluding hydrogens is 258 g/mol. The fraction of sp³-hybridized carbons (Fsp3) is 0.400. The topological polar surface area (TPSA) is 29.9 Å². The van der Waals surface area contributed by atoms with Gasteiger partial charge in [0, 0.05) is 36.3 Å². The van der Waals surface area contributed by atoms with Crippen LogP contribution in [0.1, 0.15) is 18.1 Å². The highest BCUT2D eigenvalue weighted by molar-refractivity contribution is 6.31. The maximum Gasteiger partial charge on any atom is 0.0522 e. The summed E-state index contributed by atoms with van der Waals surface area (Å²) in [6.07, 6.45) is 5.10. The first-order chi connectivity index (χ1) is 9.23. The Morgan fingerprint density at radius 1 is 1.37 bits per heavy atom. The van der Waals surface area contributed by atoms with Gasteiger partial charge in [0.15, 0.2) is 0 Å². The van der Waals surface area contributed by atoms with Gasteiger partial charge in [-0.25, -0.2) is 0 Å². The molecule has 1 saturated heterocycles. The third-order valence-corrected chi connectivity index (χ3v) is 4.25. The van der Waals surface area contributed by atoms with Crippen molar-refractivity contribution in [3.8, 4) is 0 Å². The molecule has 0 radical (unpaired) electrons. The van der Waals surface area contributed by atoms with Gasteiger partial charge in [-0.05, 0) is 30.5 Å². The smallest absolute Gasteiger partial charge is 0.0522 e. The number of rotatable bonds is 4. The molecule has 0 aliphatic carbocycles. The number of halogens is 1. The van der Waals surface area contributed by atoms with Crippen LogP contribution < -0.4 is 5.32 Å². The van der Waals surface area contributed by atoms with Crippen LogP contribution in [0.15, 0.2) is 36.7 Å². The monoisotopic (exact) mass is 275 g/mol. The van der Waals surface area contributed by atoms with Gasteiger partial charge in [-0.2, -0.15) is 5.10 Å². The van der Waals surface area contributed by atoms with Crippen molar-refractivity contribution in [1.29, 1.82) is 0 Å². The molecule has 0 saturated carbocycles. The summed E-state index contributed by atoms with van der Waals surface area (Å²) >= 11 is 6.37. The minimum absolute atomic E-state index is 0.125. The predicted molar refractivity (Wildman–Crippen MR) is 77.6 cm³/mol. The van der Waals surface area contributed by atoms with Gasteiger partial charge in [0.05, 0.1) is 6.20 Å². The summed E-state index contributed by atoms with van der Waals surface area (Å²) in [6.45, 7) is 4.98. The van der Waals surface area contributed by atoms with Gasteiger partial charge in [-0.3, -0.25) is 4.68 Å². The lowest BCUT2D eigenvalue weighted by Gasteiger charge is -2.43. The molecule has 0 spiro atoms. The van der Waals surface area contributed by atoms with Crippen LogP contribution in [0.3, 0.4) is 0 Å². The Bertz CT molecular complexity index is 572. The first-order valence-corrected chi connectivity index (χ1v) is 7.08. The zero-order valence-corrected chi connectivity index (χ0v) is 11.8. The first-order valence-electron chi connectivity index (χ1n) is 6.70. The maximum absolute atomic E-state index is 6.37. The van der Waals surface area contributed by atoms with Gasteiger partial charge in [-0.15, -0.1) is 0 Å². The molecule has 19 heavy (non-hydrogen) atoms. The predicted octanol–water partition coefficient (Wildman–Crippen LogP) is 2.64. The Hall–Kier alpha value is -1.32. The zero-order valence-electron chi connectivity index (χ0n) is 11.1. The lowest BCUT2D eigenvalue weighted by molar-refractivity contribution is 0.275. The Labute approximate surface area is 118 Å². The molecule has 0 amide bonds. The second kappa shape index (κ2) is 4.99.